The highest BCUT2D eigenvalue weighted by Crippen LogP contribution is 2.33. The van der Waals surface area contributed by atoms with Crippen molar-refractivity contribution in [1.82, 2.24) is 15.0 Å². The van der Waals surface area contributed by atoms with E-state index in [1.807, 2.05) is 6.92 Å². The van der Waals surface area contributed by atoms with Crippen molar-refractivity contribution >= 4 is 17.4 Å². The third kappa shape index (κ3) is 2.53. The van der Waals surface area contributed by atoms with Crippen LogP contribution in [0.4, 0.5) is 5.82 Å². The zero-order chi connectivity index (χ0) is 15.0. The highest BCUT2D eigenvalue weighted by Gasteiger charge is 2.16. The predicted octanol–water partition coefficient (Wildman–Crippen LogP) is 3.05. The minimum Gasteiger partial charge on any atom is -0.506 e. The summed E-state index contributed by atoms with van der Waals surface area (Å²) in [5, 5.41) is 9.73. The van der Waals surface area contributed by atoms with Gasteiger partial charge in [-0.3, -0.25) is 0 Å². The SMILES string of the molecule is Cc1coc(-c2nc(N)cnc2-c2ccc(O)c(Cl)c2)n1. The molecule has 0 saturated carbocycles. The monoisotopic (exact) mass is 302 g/mol. The minimum atomic E-state index is -0.00246. The number of benzene rings is 1. The second kappa shape index (κ2) is 5.06. The van der Waals surface area contributed by atoms with E-state index in [9.17, 15) is 5.11 Å². The summed E-state index contributed by atoms with van der Waals surface area (Å²) in [6, 6.07) is 4.76. The fourth-order valence-electron chi connectivity index (χ4n) is 1.88. The van der Waals surface area contributed by atoms with Crippen molar-refractivity contribution in [3.63, 3.8) is 0 Å². The Morgan fingerprint density at radius 2 is 2.05 bits per heavy atom. The third-order valence-corrected chi connectivity index (χ3v) is 3.14. The molecule has 3 N–H and O–H groups in total. The quantitative estimate of drug-likeness (QED) is 0.755. The van der Waals surface area contributed by atoms with Gasteiger partial charge in [0.25, 0.3) is 0 Å². The molecular weight excluding hydrogens is 292 g/mol. The first kappa shape index (κ1) is 13.4. The summed E-state index contributed by atoms with van der Waals surface area (Å²) >= 11 is 5.94. The van der Waals surface area contributed by atoms with Crippen molar-refractivity contribution in [2.24, 2.45) is 0 Å². The number of phenols is 1. The lowest BCUT2D eigenvalue weighted by Crippen LogP contribution is -1.98. The minimum absolute atomic E-state index is 0.00246. The van der Waals surface area contributed by atoms with Crippen molar-refractivity contribution in [1.29, 1.82) is 0 Å². The first-order valence-electron chi connectivity index (χ1n) is 6.08. The van der Waals surface area contributed by atoms with Crippen LogP contribution in [0.5, 0.6) is 5.75 Å². The molecule has 0 fully saturated rings. The maximum absolute atomic E-state index is 9.51. The molecule has 21 heavy (non-hydrogen) atoms. The Morgan fingerprint density at radius 3 is 2.71 bits per heavy atom. The van der Waals surface area contributed by atoms with E-state index in [0.29, 0.717) is 22.8 Å². The number of aryl methyl sites for hydroxylation is 1. The van der Waals surface area contributed by atoms with Gasteiger partial charge in [0.1, 0.15) is 23.5 Å². The van der Waals surface area contributed by atoms with Crippen molar-refractivity contribution in [3.05, 3.63) is 41.4 Å². The number of hydrogen-bond acceptors (Lipinski definition) is 6. The van der Waals surface area contributed by atoms with Crippen molar-refractivity contribution in [2.75, 3.05) is 5.73 Å². The first-order valence-corrected chi connectivity index (χ1v) is 6.46. The van der Waals surface area contributed by atoms with E-state index in [2.05, 4.69) is 15.0 Å². The summed E-state index contributed by atoms with van der Waals surface area (Å²) in [6.07, 6.45) is 2.96. The van der Waals surface area contributed by atoms with E-state index in [-0.39, 0.29) is 16.6 Å². The Balaban J connectivity index is 2.20. The van der Waals surface area contributed by atoms with Crippen LogP contribution in [-0.4, -0.2) is 20.1 Å². The standard InChI is InChI=1S/C14H11ClN4O2/c1-7-6-21-14(18-7)13-12(17-5-11(16)19-13)8-2-3-10(20)9(15)4-8/h2-6,20H,1H3,(H2,16,19). The van der Waals surface area contributed by atoms with Gasteiger partial charge in [0.2, 0.25) is 5.89 Å². The van der Waals surface area contributed by atoms with Crippen molar-refractivity contribution in [3.8, 4) is 28.6 Å². The number of aromatic nitrogens is 3. The predicted molar refractivity (Wildman–Crippen MR) is 78.8 cm³/mol. The highest BCUT2D eigenvalue weighted by molar-refractivity contribution is 6.32. The average molecular weight is 303 g/mol. The van der Waals surface area contributed by atoms with Crippen LogP contribution in [0, 0.1) is 6.92 Å². The maximum Gasteiger partial charge on any atom is 0.247 e. The Morgan fingerprint density at radius 1 is 1.24 bits per heavy atom. The normalized spacial score (nSPS) is 10.8. The zero-order valence-electron chi connectivity index (χ0n) is 11.0. The van der Waals surface area contributed by atoms with Gasteiger partial charge < -0.3 is 15.3 Å². The van der Waals surface area contributed by atoms with Crippen molar-refractivity contribution < 1.29 is 9.52 Å². The second-order valence-corrected chi connectivity index (χ2v) is 4.86. The molecule has 2 aromatic heterocycles. The molecule has 3 aromatic rings. The number of nitrogens with zero attached hydrogens (tertiary/aromatic N) is 3. The van der Waals surface area contributed by atoms with Crippen molar-refractivity contribution in [2.45, 2.75) is 6.92 Å². The van der Waals surface area contributed by atoms with Crippen LogP contribution in [0.2, 0.25) is 5.02 Å². The summed E-state index contributed by atoms with van der Waals surface area (Å²) in [6.45, 7) is 1.81. The molecule has 106 valence electrons. The van der Waals surface area contributed by atoms with Crippen LogP contribution < -0.4 is 5.73 Å². The van der Waals surface area contributed by atoms with Gasteiger partial charge in [0.05, 0.1) is 16.9 Å². The Hall–Kier alpha value is -2.60. The van der Waals surface area contributed by atoms with Gasteiger partial charge in [-0.05, 0) is 25.1 Å². The molecule has 0 atom stereocenters. The molecule has 0 aliphatic rings. The largest absolute Gasteiger partial charge is 0.506 e. The second-order valence-electron chi connectivity index (χ2n) is 4.45. The summed E-state index contributed by atoms with van der Waals surface area (Å²) < 4.78 is 5.37. The number of nitrogen functional groups attached to an aromatic ring is 1. The summed E-state index contributed by atoms with van der Waals surface area (Å²) in [4.78, 5) is 12.8. The van der Waals surface area contributed by atoms with E-state index in [4.69, 9.17) is 21.8 Å². The summed E-state index contributed by atoms with van der Waals surface area (Å²) in [7, 11) is 0. The van der Waals surface area contributed by atoms with Crippen LogP contribution in [0.25, 0.3) is 22.8 Å². The summed E-state index contributed by atoms with van der Waals surface area (Å²) in [5.41, 5.74) is 8.04. The van der Waals surface area contributed by atoms with E-state index in [0.717, 1.165) is 5.69 Å². The number of hydrogen-bond donors (Lipinski definition) is 2. The lowest BCUT2D eigenvalue weighted by Gasteiger charge is -2.07. The first-order chi connectivity index (χ1) is 10.0. The molecule has 1 aromatic carbocycles. The number of rotatable bonds is 2. The number of halogens is 1. The van der Waals surface area contributed by atoms with Crippen LogP contribution >= 0.6 is 11.6 Å². The third-order valence-electron chi connectivity index (χ3n) is 2.83. The molecule has 0 saturated heterocycles. The Kier molecular flexibility index (Phi) is 3.23. The molecule has 3 rings (SSSR count). The molecule has 2 heterocycles. The van der Waals surface area contributed by atoms with E-state index < -0.39 is 0 Å². The van der Waals surface area contributed by atoms with Gasteiger partial charge in [-0.2, -0.15) is 0 Å². The number of oxazole rings is 1. The zero-order valence-corrected chi connectivity index (χ0v) is 11.8. The molecule has 0 aliphatic heterocycles. The fourth-order valence-corrected chi connectivity index (χ4v) is 2.06. The van der Waals surface area contributed by atoms with E-state index in [1.54, 1.807) is 12.1 Å². The average Bonchev–Trinajstić information content (AvgIpc) is 2.88. The van der Waals surface area contributed by atoms with Gasteiger partial charge >= 0.3 is 0 Å². The lowest BCUT2D eigenvalue weighted by molar-refractivity contribution is 0.475. The molecule has 0 unspecified atom stereocenters. The topological polar surface area (TPSA) is 98.1 Å². The van der Waals surface area contributed by atoms with Crippen LogP contribution in [0.15, 0.2) is 35.1 Å². The van der Waals surface area contributed by atoms with E-state index >= 15 is 0 Å². The molecule has 0 radical (unpaired) electrons. The van der Waals surface area contributed by atoms with Gasteiger partial charge in [-0.15, -0.1) is 0 Å². The van der Waals surface area contributed by atoms with Gasteiger partial charge in [-0.25, -0.2) is 15.0 Å². The number of nitrogens with two attached hydrogens (primary N) is 1. The molecule has 6 nitrogen and oxygen atoms in total. The molecule has 0 bridgehead atoms. The van der Waals surface area contributed by atoms with Crippen LogP contribution in [-0.2, 0) is 0 Å². The van der Waals surface area contributed by atoms with Crippen LogP contribution in [0.3, 0.4) is 0 Å². The fraction of sp³-hybridized carbons (Fsp3) is 0.0714. The van der Waals surface area contributed by atoms with Crippen LogP contribution in [0.1, 0.15) is 5.69 Å². The number of aromatic hydroxyl groups is 1. The van der Waals surface area contributed by atoms with E-state index in [1.165, 1.54) is 18.5 Å². The smallest absolute Gasteiger partial charge is 0.247 e. The number of anilines is 1. The van der Waals surface area contributed by atoms with Gasteiger partial charge in [0, 0.05) is 5.56 Å². The number of phenolic OH excluding ortho intramolecular Hbond substituents is 1. The summed E-state index contributed by atoms with van der Waals surface area (Å²) in [5.74, 6) is 0.582. The van der Waals surface area contributed by atoms with Gasteiger partial charge in [0.15, 0.2) is 5.69 Å². The Labute approximate surface area is 125 Å². The highest BCUT2D eigenvalue weighted by atomic mass is 35.5. The lowest BCUT2D eigenvalue weighted by atomic mass is 10.1. The maximum atomic E-state index is 9.51. The molecular formula is C14H11ClN4O2. The molecule has 7 heteroatoms. The Bertz CT molecular complexity index is 816. The molecule has 0 aliphatic carbocycles. The molecule has 0 spiro atoms. The van der Waals surface area contributed by atoms with Gasteiger partial charge in [-0.1, -0.05) is 11.6 Å². The molecule has 0 amide bonds.